The fourth-order valence-corrected chi connectivity index (χ4v) is 2.25. The molecule has 2 heterocycles. The molecule has 4 nitrogen and oxygen atoms in total. The molecule has 0 aromatic carbocycles. The Balaban J connectivity index is 2.60. The van der Waals surface area contributed by atoms with Crippen molar-refractivity contribution >= 4 is 39.0 Å². The van der Waals surface area contributed by atoms with Gasteiger partial charge in [-0.3, -0.25) is 4.40 Å². The molecule has 0 saturated heterocycles. The van der Waals surface area contributed by atoms with Crippen molar-refractivity contribution in [3.05, 3.63) is 33.8 Å². The number of nitrogens with zero attached hydrogens (tertiary/aromatic N) is 2. The molecule has 2 rings (SSSR count). The second kappa shape index (κ2) is 4.43. The summed E-state index contributed by atoms with van der Waals surface area (Å²) in [5.74, 6) is -0.239. The Labute approximate surface area is 105 Å². The maximum atomic E-state index is 11.6. The number of imidazole rings is 1. The maximum Gasteiger partial charge on any atom is 0.374 e. The van der Waals surface area contributed by atoms with Crippen LogP contribution in [0.2, 0.25) is 5.02 Å². The molecule has 0 N–H and O–H groups in total. The van der Waals surface area contributed by atoms with Crippen molar-refractivity contribution in [1.82, 2.24) is 9.38 Å². The quantitative estimate of drug-likeness (QED) is 0.801. The minimum atomic E-state index is -0.461. The fourth-order valence-electron chi connectivity index (χ4n) is 1.37. The molecular formula is C10H8BrClN2O2. The van der Waals surface area contributed by atoms with Crippen molar-refractivity contribution in [1.29, 1.82) is 0 Å². The molecule has 0 fully saturated rings. The number of rotatable bonds is 2. The molecule has 84 valence electrons. The summed E-state index contributed by atoms with van der Waals surface area (Å²) < 4.78 is 7.28. The molecule has 0 radical (unpaired) electrons. The van der Waals surface area contributed by atoms with Crippen molar-refractivity contribution in [2.45, 2.75) is 6.92 Å². The minimum Gasteiger partial charge on any atom is -0.460 e. The third-order valence-corrected chi connectivity index (χ3v) is 2.86. The zero-order valence-corrected chi connectivity index (χ0v) is 10.7. The number of fused-ring (bicyclic) bond motifs is 1. The monoisotopic (exact) mass is 302 g/mol. The number of hydrogen-bond acceptors (Lipinski definition) is 3. The van der Waals surface area contributed by atoms with Crippen LogP contribution in [0.25, 0.3) is 5.52 Å². The lowest BCUT2D eigenvalue weighted by Gasteiger charge is -2.02. The molecule has 0 atom stereocenters. The number of hydrogen-bond donors (Lipinski definition) is 0. The van der Waals surface area contributed by atoms with Gasteiger partial charge in [0.2, 0.25) is 5.82 Å². The van der Waals surface area contributed by atoms with E-state index >= 15 is 0 Å². The Morgan fingerprint density at radius 1 is 1.69 bits per heavy atom. The Hall–Kier alpha value is -1.07. The third-order valence-electron chi connectivity index (χ3n) is 2.02. The summed E-state index contributed by atoms with van der Waals surface area (Å²) in [4.78, 5) is 15.6. The second-order valence-corrected chi connectivity index (χ2v) is 4.35. The average molecular weight is 304 g/mol. The molecule has 0 spiro atoms. The van der Waals surface area contributed by atoms with E-state index in [0.717, 1.165) is 9.99 Å². The predicted molar refractivity (Wildman–Crippen MR) is 63.9 cm³/mol. The normalized spacial score (nSPS) is 10.7. The van der Waals surface area contributed by atoms with E-state index in [2.05, 4.69) is 20.9 Å². The van der Waals surface area contributed by atoms with Crippen LogP contribution in [0.1, 0.15) is 17.5 Å². The molecule has 0 aliphatic heterocycles. The number of aromatic nitrogens is 2. The highest BCUT2D eigenvalue weighted by atomic mass is 79.9. The summed E-state index contributed by atoms with van der Waals surface area (Å²) in [7, 11) is 0. The van der Waals surface area contributed by atoms with Crippen LogP contribution in [0.4, 0.5) is 0 Å². The van der Waals surface area contributed by atoms with E-state index < -0.39 is 5.97 Å². The molecule has 0 bridgehead atoms. The van der Waals surface area contributed by atoms with E-state index in [1.165, 1.54) is 0 Å². The smallest absolute Gasteiger partial charge is 0.374 e. The standard InChI is InChI=1S/C10H8BrClN2O2/c1-2-16-10(15)9-13-4-8-7(11)3-6(12)5-14(8)9/h3-5H,2H2,1H3. The number of esters is 1. The number of carbonyl (C=O) groups is 1. The molecule has 0 aliphatic carbocycles. The Bertz CT molecular complexity index is 553. The molecule has 2 aromatic rings. The van der Waals surface area contributed by atoms with Gasteiger partial charge in [0.1, 0.15) is 0 Å². The van der Waals surface area contributed by atoms with Gasteiger partial charge in [0.05, 0.1) is 23.3 Å². The maximum absolute atomic E-state index is 11.6. The second-order valence-electron chi connectivity index (χ2n) is 3.06. The van der Waals surface area contributed by atoms with Crippen molar-refractivity contribution in [3.8, 4) is 0 Å². The Morgan fingerprint density at radius 2 is 2.44 bits per heavy atom. The van der Waals surface area contributed by atoms with Gasteiger partial charge in [0.25, 0.3) is 0 Å². The highest BCUT2D eigenvalue weighted by Crippen LogP contribution is 2.23. The number of ether oxygens (including phenoxy) is 1. The van der Waals surface area contributed by atoms with Gasteiger partial charge < -0.3 is 4.74 Å². The van der Waals surface area contributed by atoms with E-state index in [-0.39, 0.29) is 5.82 Å². The van der Waals surface area contributed by atoms with Gasteiger partial charge in [-0.15, -0.1) is 0 Å². The SMILES string of the molecule is CCOC(=O)c1ncc2c(Br)cc(Cl)cn12. The van der Waals surface area contributed by atoms with Gasteiger partial charge in [-0.05, 0) is 28.9 Å². The Morgan fingerprint density at radius 3 is 3.12 bits per heavy atom. The first-order valence-corrected chi connectivity index (χ1v) is 5.79. The average Bonchev–Trinajstić information content (AvgIpc) is 2.61. The molecule has 0 amide bonds. The van der Waals surface area contributed by atoms with E-state index in [1.54, 1.807) is 29.8 Å². The largest absolute Gasteiger partial charge is 0.460 e. The van der Waals surface area contributed by atoms with E-state index in [1.807, 2.05) is 0 Å². The van der Waals surface area contributed by atoms with Crippen molar-refractivity contribution in [3.63, 3.8) is 0 Å². The molecular weight excluding hydrogens is 295 g/mol. The van der Waals surface area contributed by atoms with Crippen LogP contribution in [0.5, 0.6) is 0 Å². The first-order chi connectivity index (χ1) is 7.63. The van der Waals surface area contributed by atoms with Gasteiger partial charge in [0.15, 0.2) is 0 Å². The molecule has 0 aliphatic rings. The van der Waals surface area contributed by atoms with E-state index in [4.69, 9.17) is 16.3 Å². The summed E-state index contributed by atoms with van der Waals surface area (Å²) in [5.41, 5.74) is 0.771. The Kier molecular flexibility index (Phi) is 3.16. The molecule has 0 unspecified atom stereocenters. The highest BCUT2D eigenvalue weighted by Gasteiger charge is 2.15. The third kappa shape index (κ3) is 1.92. The first-order valence-electron chi connectivity index (χ1n) is 4.62. The van der Waals surface area contributed by atoms with Crippen LogP contribution in [0, 0.1) is 0 Å². The van der Waals surface area contributed by atoms with Crippen LogP contribution in [0.3, 0.4) is 0 Å². The van der Waals surface area contributed by atoms with Crippen molar-refractivity contribution < 1.29 is 9.53 Å². The molecule has 16 heavy (non-hydrogen) atoms. The molecule has 0 saturated carbocycles. The van der Waals surface area contributed by atoms with Gasteiger partial charge >= 0.3 is 5.97 Å². The van der Waals surface area contributed by atoms with Crippen LogP contribution in [-0.2, 0) is 4.74 Å². The summed E-state index contributed by atoms with van der Waals surface area (Å²) in [5, 5.41) is 0.517. The molecule has 6 heteroatoms. The fraction of sp³-hybridized carbons (Fsp3) is 0.200. The van der Waals surface area contributed by atoms with Crippen molar-refractivity contribution in [2.75, 3.05) is 6.61 Å². The lowest BCUT2D eigenvalue weighted by molar-refractivity contribution is 0.0511. The zero-order valence-electron chi connectivity index (χ0n) is 8.41. The van der Waals surface area contributed by atoms with Crippen molar-refractivity contribution in [2.24, 2.45) is 0 Å². The summed E-state index contributed by atoms with van der Waals surface area (Å²) in [6, 6.07) is 1.74. The molecule has 2 aromatic heterocycles. The summed E-state index contributed by atoms with van der Waals surface area (Å²) in [6.07, 6.45) is 3.22. The topological polar surface area (TPSA) is 43.6 Å². The summed E-state index contributed by atoms with van der Waals surface area (Å²) in [6.45, 7) is 2.06. The van der Waals surface area contributed by atoms with E-state index in [0.29, 0.717) is 11.6 Å². The first kappa shape index (κ1) is 11.4. The van der Waals surface area contributed by atoms with Gasteiger partial charge in [0, 0.05) is 10.7 Å². The van der Waals surface area contributed by atoms with Gasteiger partial charge in [-0.2, -0.15) is 0 Å². The van der Waals surface area contributed by atoms with Crippen LogP contribution < -0.4 is 0 Å². The number of pyridine rings is 1. The van der Waals surface area contributed by atoms with Crippen LogP contribution >= 0.6 is 27.5 Å². The lowest BCUT2D eigenvalue weighted by Crippen LogP contribution is -2.09. The number of carbonyl (C=O) groups excluding carboxylic acids is 1. The van der Waals surface area contributed by atoms with E-state index in [9.17, 15) is 4.79 Å². The zero-order chi connectivity index (χ0) is 11.7. The minimum absolute atomic E-state index is 0.222. The number of halogens is 2. The highest BCUT2D eigenvalue weighted by molar-refractivity contribution is 9.10. The van der Waals surface area contributed by atoms with Gasteiger partial charge in [-0.25, -0.2) is 9.78 Å². The lowest BCUT2D eigenvalue weighted by atomic mass is 10.4. The van der Waals surface area contributed by atoms with Crippen LogP contribution in [-0.4, -0.2) is 22.0 Å². The predicted octanol–water partition coefficient (Wildman–Crippen LogP) is 2.93. The van der Waals surface area contributed by atoms with Gasteiger partial charge in [-0.1, -0.05) is 11.6 Å². The summed E-state index contributed by atoms with van der Waals surface area (Å²) >= 11 is 9.26. The van der Waals surface area contributed by atoms with Crippen LogP contribution in [0.15, 0.2) is 22.9 Å².